The molecule has 2 aliphatic rings. The summed E-state index contributed by atoms with van der Waals surface area (Å²) in [5.74, 6) is 0.443. The SMILES string of the molecule is N#CC1(c2ccc(C(=O)NCC(O)COCC3CC3)cc2)CC1. The van der Waals surface area contributed by atoms with Crippen LogP contribution in [0.1, 0.15) is 41.6 Å². The first-order valence-electron chi connectivity index (χ1n) is 8.19. The molecular weight excluding hydrogens is 292 g/mol. The van der Waals surface area contributed by atoms with Gasteiger partial charge in [0.2, 0.25) is 0 Å². The molecule has 2 fully saturated rings. The Morgan fingerprint density at radius 2 is 2.09 bits per heavy atom. The highest BCUT2D eigenvalue weighted by molar-refractivity contribution is 5.94. The number of nitrogens with one attached hydrogen (secondary N) is 1. The number of aliphatic hydroxyl groups is 1. The van der Waals surface area contributed by atoms with E-state index in [2.05, 4.69) is 11.4 Å². The van der Waals surface area contributed by atoms with Crippen molar-refractivity contribution in [2.45, 2.75) is 37.2 Å². The topological polar surface area (TPSA) is 82.4 Å². The zero-order valence-electron chi connectivity index (χ0n) is 13.1. The third kappa shape index (κ3) is 4.10. The number of ether oxygens (including phenoxy) is 1. The molecule has 3 rings (SSSR count). The number of aliphatic hydroxyl groups excluding tert-OH is 1. The van der Waals surface area contributed by atoms with Gasteiger partial charge in [-0.2, -0.15) is 5.26 Å². The van der Waals surface area contributed by atoms with Crippen molar-refractivity contribution >= 4 is 5.91 Å². The van der Waals surface area contributed by atoms with Gasteiger partial charge in [0.25, 0.3) is 5.91 Å². The van der Waals surface area contributed by atoms with Crippen molar-refractivity contribution in [3.05, 3.63) is 35.4 Å². The number of nitriles is 1. The first kappa shape index (κ1) is 16.0. The molecular formula is C18H22N2O3. The maximum Gasteiger partial charge on any atom is 0.251 e. The van der Waals surface area contributed by atoms with E-state index in [1.54, 1.807) is 12.1 Å². The summed E-state index contributed by atoms with van der Waals surface area (Å²) in [6.45, 7) is 1.13. The predicted octanol–water partition coefficient (Wildman–Crippen LogP) is 1.76. The summed E-state index contributed by atoms with van der Waals surface area (Å²) in [5, 5.41) is 21.7. The minimum absolute atomic E-state index is 0.174. The molecule has 1 atom stereocenters. The molecule has 1 aromatic carbocycles. The van der Waals surface area contributed by atoms with Gasteiger partial charge in [-0.3, -0.25) is 4.79 Å². The fraction of sp³-hybridized carbons (Fsp3) is 0.556. The molecule has 2 saturated carbocycles. The minimum atomic E-state index is -0.690. The lowest BCUT2D eigenvalue weighted by Gasteiger charge is -2.13. The Balaban J connectivity index is 1.43. The van der Waals surface area contributed by atoms with Crippen LogP contribution in [0.4, 0.5) is 0 Å². The van der Waals surface area contributed by atoms with Crippen molar-refractivity contribution in [3.8, 4) is 6.07 Å². The van der Waals surface area contributed by atoms with Crippen LogP contribution in [-0.2, 0) is 10.2 Å². The fourth-order valence-electron chi connectivity index (χ4n) is 2.56. The van der Waals surface area contributed by atoms with E-state index in [-0.39, 0.29) is 24.5 Å². The molecule has 1 aromatic rings. The molecule has 0 spiro atoms. The van der Waals surface area contributed by atoms with Crippen LogP contribution in [0.15, 0.2) is 24.3 Å². The van der Waals surface area contributed by atoms with Crippen LogP contribution in [0.25, 0.3) is 0 Å². The van der Waals surface area contributed by atoms with Crippen molar-refractivity contribution in [2.24, 2.45) is 5.92 Å². The Kier molecular flexibility index (Phi) is 4.65. The van der Waals surface area contributed by atoms with Crippen LogP contribution in [0.3, 0.4) is 0 Å². The van der Waals surface area contributed by atoms with Gasteiger partial charge in [-0.25, -0.2) is 0 Å². The van der Waals surface area contributed by atoms with Crippen molar-refractivity contribution in [1.29, 1.82) is 5.26 Å². The zero-order chi connectivity index (χ0) is 16.3. The Bertz CT molecular complexity index is 598. The lowest BCUT2D eigenvalue weighted by Crippen LogP contribution is -2.34. The molecule has 0 aliphatic heterocycles. The third-order valence-corrected chi connectivity index (χ3v) is 4.52. The largest absolute Gasteiger partial charge is 0.389 e. The maximum absolute atomic E-state index is 12.1. The molecule has 23 heavy (non-hydrogen) atoms. The highest BCUT2D eigenvalue weighted by atomic mass is 16.5. The second-order valence-corrected chi connectivity index (χ2v) is 6.62. The third-order valence-electron chi connectivity index (χ3n) is 4.52. The van der Waals surface area contributed by atoms with Gasteiger partial charge in [0, 0.05) is 18.7 Å². The summed E-state index contributed by atoms with van der Waals surface area (Å²) in [6.07, 6.45) is 3.53. The van der Waals surface area contributed by atoms with Gasteiger partial charge < -0.3 is 15.2 Å². The highest BCUT2D eigenvalue weighted by Gasteiger charge is 2.44. The second-order valence-electron chi connectivity index (χ2n) is 6.62. The Morgan fingerprint density at radius 1 is 1.39 bits per heavy atom. The smallest absolute Gasteiger partial charge is 0.251 e. The van der Waals surface area contributed by atoms with E-state index in [9.17, 15) is 15.2 Å². The van der Waals surface area contributed by atoms with Gasteiger partial charge in [-0.05, 0) is 49.3 Å². The number of rotatable bonds is 8. The van der Waals surface area contributed by atoms with Gasteiger partial charge in [-0.1, -0.05) is 12.1 Å². The van der Waals surface area contributed by atoms with Crippen LogP contribution in [0, 0.1) is 17.2 Å². The van der Waals surface area contributed by atoms with Crippen molar-refractivity contribution in [3.63, 3.8) is 0 Å². The van der Waals surface area contributed by atoms with E-state index < -0.39 is 6.10 Å². The Labute approximate surface area is 136 Å². The van der Waals surface area contributed by atoms with Crippen molar-refractivity contribution in [1.82, 2.24) is 5.32 Å². The second kappa shape index (κ2) is 6.69. The summed E-state index contributed by atoms with van der Waals surface area (Å²) < 4.78 is 5.40. The number of nitrogens with zero attached hydrogens (tertiary/aromatic N) is 1. The standard InChI is InChI=1S/C18H22N2O3/c19-12-18(7-8-18)15-5-3-14(4-6-15)17(22)20-9-16(21)11-23-10-13-1-2-13/h3-6,13,16,21H,1-2,7-11H2,(H,20,22). The fourth-order valence-corrected chi connectivity index (χ4v) is 2.56. The summed E-state index contributed by atoms with van der Waals surface area (Å²) >= 11 is 0. The van der Waals surface area contributed by atoms with Crippen LogP contribution >= 0.6 is 0 Å². The lowest BCUT2D eigenvalue weighted by molar-refractivity contribution is 0.0320. The zero-order valence-corrected chi connectivity index (χ0v) is 13.1. The molecule has 0 radical (unpaired) electrons. The molecule has 5 heteroatoms. The molecule has 1 amide bonds. The summed E-state index contributed by atoms with van der Waals surface area (Å²) in [7, 11) is 0. The number of benzene rings is 1. The minimum Gasteiger partial charge on any atom is -0.389 e. The highest BCUT2D eigenvalue weighted by Crippen LogP contribution is 2.47. The summed E-state index contributed by atoms with van der Waals surface area (Å²) in [5.41, 5.74) is 1.18. The lowest BCUT2D eigenvalue weighted by atomic mass is 9.96. The molecule has 0 aromatic heterocycles. The van der Waals surface area contributed by atoms with E-state index in [4.69, 9.17) is 4.74 Å². The van der Waals surface area contributed by atoms with E-state index in [1.807, 2.05) is 12.1 Å². The molecule has 5 nitrogen and oxygen atoms in total. The summed E-state index contributed by atoms with van der Waals surface area (Å²) in [4.78, 5) is 12.1. The molecule has 2 aliphatic carbocycles. The van der Waals surface area contributed by atoms with Gasteiger partial charge in [0.05, 0.1) is 24.2 Å². The van der Waals surface area contributed by atoms with Gasteiger partial charge in [-0.15, -0.1) is 0 Å². The monoisotopic (exact) mass is 314 g/mol. The first-order chi connectivity index (χ1) is 11.1. The molecule has 0 bridgehead atoms. The van der Waals surface area contributed by atoms with Gasteiger partial charge in [0.1, 0.15) is 0 Å². The predicted molar refractivity (Wildman–Crippen MR) is 84.9 cm³/mol. The van der Waals surface area contributed by atoms with Crippen molar-refractivity contribution < 1.29 is 14.6 Å². The molecule has 1 unspecified atom stereocenters. The number of hydrogen-bond donors (Lipinski definition) is 2. The van der Waals surface area contributed by atoms with Crippen LogP contribution in [0.2, 0.25) is 0 Å². The van der Waals surface area contributed by atoms with Gasteiger partial charge >= 0.3 is 0 Å². The average molecular weight is 314 g/mol. The molecule has 122 valence electrons. The number of carbonyl (C=O) groups excluding carboxylic acids is 1. The number of carbonyl (C=O) groups is 1. The number of amides is 1. The quantitative estimate of drug-likeness (QED) is 0.766. The van der Waals surface area contributed by atoms with Crippen LogP contribution < -0.4 is 5.32 Å². The molecule has 0 heterocycles. The number of hydrogen-bond acceptors (Lipinski definition) is 4. The normalized spacial score (nSPS) is 19.7. The van der Waals surface area contributed by atoms with E-state index in [0.29, 0.717) is 18.1 Å². The van der Waals surface area contributed by atoms with E-state index in [0.717, 1.165) is 18.4 Å². The Hall–Kier alpha value is -1.90. The van der Waals surface area contributed by atoms with Crippen LogP contribution in [0.5, 0.6) is 0 Å². The van der Waals surface area contributed by atoms with Gasteiger partial charge in [0.15, 0.2) is 0 Å². The average Bonchev–Trinajstić information content (AvgIpc) is 3.47. The summed E-state index contributed by atoms with van der Waals surface area (Å²) in [6, 6.07) is 9.51. The first-order valence-corrected chi connectivity index (χ1v) is 8.19. The van der Waals surface area contributed by atoms with E-state index in [1.165, 1.54) is 12.8 Å². The molecule has 2 N–H and O–H groups in total. The van der Waals surface area contributed by atoms with Crippen molar-refractivity contribution in [2.75, 3.05) is 19.8 Å². The van der Waals surface area contributed by atoms with Crippen LogP contribution in [-0.4, -0.2) is 36.9 Å². The molecule has 0 saturated heterocycles. The Morgan fingerprint density at radius 3 is 2.65 bits per heavy atom. The maximum atomic E-state index is 12.1. The van der Waals surface area contributed by atoms with E-state index >= 15 is 0 Å².